The first-order valence-corrected chi connectivity index (χ1v) is 5.86. The lowest BCUT2D eigenvalue weighted by Gasteiger charge is -2.22. The molecule has 2 nitrogen and oxygen atoms in total. The highest BCUT2D eigenvalue weighted by molar-refractivity contribution is 8.00. The Hall–Kier alpha value is -0.540. The van der Waals surface area contributed by atoms with Gasteiger partial charge >= 0.3 is 0 Å². The fraction of sp³-hybridized carbons (Fsp3) is 0.545. The van der Waals surface area contributed by atoms with Crippen molar-refractivity contribution in [2.24, 2.45) is 5.73 Å². The zero-order valence-electron chi connectivity index (χ0n) is 8.97. The summed E-state index contributed by atoms with van der Waals surface area (Å²) < 4.78 is 0. The van der Waals surface area contributed by atoms with Gasteiger partial charge < -0.3 is 5.73 Å². The van der Waals surface area contributed by atoms with Crippen LogP contribution in [0.4, 0.5) is 0 Å². The standard InChI is InChI=1S/C11H18N2S/c1-8(2)14-11(9(3)12)10-4-6-13-7-5-10/h4-9,11H,12H2,1-3H3. The molecule has 0 amide bonds. The number of nitrogens with two attached hydrogens (primary N) is 1. The van der Waals surface area contributed by atoms with Gasteiger partial charge in [-0.2, -0.15) is 0 Å². The van der Waals surface area contributed by atoms with Gasteiger partial charge in [-0.1, -0.05) is 13.8 Å². The molecule has 0 aliphatic heterocycles. The molecule has 0 saturated heterocycles. The zero-order chi connectivity index (χ0) is 10.6. The Kier molecular flexibility index (Phi) is 4.42. The van der Waals surface area contributed by atoms with Gasteiger partial charge in [0.2, 0.25) is 0 Å². The minimum atomic E-state index is 0.171. The minimum absolute atomic E-state index is 0.171. The van der Waals surface area contributed by atoms with Crippen molar-refractivity contribution in [3.05, 3.63) is 30.1 Å². The Labute approximate surface area is 90.3 Å². The van der Waals surface area contributed by atoms with Crippen molar-refractivity contribution in [1.82, 2.24) is 4.98 Å². The van der Waals surface area contributed by atoms with E-state index in [1.807, 2.05) is 36.3 Å². The van der Waals surface area contributed by atoms with E-state index < -0.39 is 0 Å². The van der Waals surface area contributed by atoms with Crippen molar-refractivity contribution in [2.45, 2.75) is 37.3 Å². The summed E-state index contributed by atoms with van der Waals surface area (Å²) in [6.45, 7) is 6.45. The van der Waals surface area contributed by atoms with E-state index in [4.69, 9.17) is 5.73 Å². The molecule has 0 radical (unpaired) electrons. The predicted octanol–water partition coefficient (Wildman–Crippen LogP) is 2.61. The van der Waals surface area contributed by atoms with Crippen LogP contribution in [0.2, 0.25) is 0 Å². The van der Waals surface area contributed by atoms with Gasteiger partial charge in [0.1, 0.15) is 0 Å². The third-order valence-electron chi connectivity index (χ3n) is 1.93. The van der Waals surface area contributed by atoms with Crippen molar-refractivity contribution in [1.29, 1.82) is 0 Å². The van der Waals surface area contributed by atoms with Crippen LogP contribution in [-0.2, 0) is 0 Å². The molecule has 1 aromatic heterocycles. The van der Waals surface area contributed by atoms with Gasteiger partial charge in [-0.3, -0.25) is 4.98 Å². The Bertz CT molecular complexity index is 259. The molecule has 2 atom stereocenters. The van der Waals surface area contributed by atoms with E-state index in [0.717, 1.165) is 0 Å². The van der Waals surface area contributed by atoms with E-state index in [2.05, 4.69) is 25.8 Å². The van der Waals surface area contributed by atoms with E-state index in [1.165, 1.54) is 5.56 Å². The molecule has 2 N–H and O–H groups in total. The lowest BCUT2D eigenvalue weighted by Crippen LogP contribution is -2.23. The monoisotopic (exact) mass is 210 g/mol. The van der Waals surface area contributed by atoms with E-state index in [1.54, 1.807) is 0 Å². The molecule has 0 bridgehead atoms. The second-order valence-corrected chi connectivity index (χ2v) is 5.47. The highest BCUT2D eigenvalue weighted by Gasteiger charge is 2.17. The van der Waals surface area contributed by atoms with Gasteiger partial charge in [0.05, 0.1) is 0 Å². The molecule has 1 heterocycles. The third kappa shape index (κ3) is 3.31. The van der Waals surface area contributed by atoms with Crippen LogP contribution in [0.5, 0.6) is 0 Å². The van der Waals surface area contributed by atoms with E-state index in [0.29, 0.717) is 10.5 Å². The van der Waals surface area contributed by atoms with Crippen molar-refractivity contribution in [3.8, 4) is 0 Å². The van der Waals surface area contributed by atoms with E-state index >= 15 is 0 Å². The highest BCUT2D eigenvalue weighted by Crippen LogP contribution is 2.33. The lowest BCUT2D eigenvalue weighted by atomic mass is 10.1. The average Bonchev–Trinajstić information content (AvgIpc) is 2.15. The topological polar surface area (TPSA) is 38.9 Å². The Balaban J connectivity index is 2.78. The predicted molar refractivity (Wildman–Crippen MR) is 63.4 cm³/mol. The number of nitrogens with zero attached hydrogens (tertiary/aromatic N) is 1. The molecular weight excluding hydrogens is 192 g/mol. The maximum Gasteiger partial charge on any atom is 0.0449 e. The first-order valence-electron chi connectivity index (χ1n) is 4.92. The number of thioether (sulfide) groups is 1. The smallest absolute Gasteiger partial charge is 0.0449 e. The van der Waals surface area contributed by atoms with Crippen molar-refractivity contribution in [2.75, 3.05) is 0 Å². The molecular formula is C11H18N2S. The quantitative estimate of drug-likeness (QED) is 0.830. The Morgan fingerprint density at radius 2 is 1.79 bits per heavy atom. The second-order valence-electron chi connectivity index (χ2n) is 3.75. The summed E-state index contributed by atoms with van der Waals surface area (Å²) in [6.07, 6.45) is 3.65. The molecule has 0 aliphatic carbocycles. The number of rotatable bonds is 4. The number of aromatic nitrogens is 1. The lowest BCUT2D eigenvalue weighted by molar-refractivity contribution is 0.717. The van der Waals surface area contributed by atoms with Crippen LogP contribution in [0.3, 0.4) is 0 Å². The van der Waals surface area contributed by atoms with Gasteiger partial charge in [0, 0.05) is 23.7 Å². The highest BCUT2D eigenvalue weighted by atomic mass is 32.2. The normalized spacial score (nSPS) is 15.5. The molecule has 1 rings (SSSR count). The van der Waals surface area contributed by atoms with Gasteiger partial charge in [0.25, 0.3) is 0 Å². The van der Waals surface area contributed by atoms with Gasteiger partial charge in [-0.25, -0.2) is 0 Å². The molecule has 0 fully saturated rings. The first-order chi connectivity index (χ1) is 6.61. The van der Waals surface area contributed by atoms with Crippen LogP contribution in [0.15, 0.2) is 24.5 Å². The Morgan fingerprint density at radius 3 is 2.21 bits per heavy atom. The summed E-state index contributed by atoms with van der Waals surface area (Å²) in [5.74, 6) is 0. The van der Waals surface area contributed by atoms with Crippen LogP contribution in [0.25, 0.3) is 0 Å². The van der Waals surface area contributed by atoms with Crippen LogP contribution < -0.4 is 5.73 Å². The Morgan fingerprint density at radius 1 is 1.21 bits per heavy atom. The minimum Gasteiger partial charge on any atom is -0.327 e. The van der Waals surface area contributed by atoms with Crippen LogP contribution in [0.1, 0.15) is 31.6 Å². The summed E-state index contributed by atoms with van der Waals surface area (Å²) in [5, 5.41) is 0.970. The summed E-state index contributed by atoms with van der Waals surface area (Å²) in [4.78, 5) is 4.02. The van der Waals surface area contributed by atoms with E-state index in [-0.39, 0.29) is 6.04 Å². The maximum absolute atomic E-state index is 5.98. The summed E-state index contributed by atoms with van der Waals surface area (Å²) in [7, 11) is 0. The van der Waals surface area contributed by atoms with E-state index in [9.17, 15) is 0 Å². The summed E-state index contributed by atoms with van der Waals surface area (Å²) in [5.41, 5.74) is 7.25. The van der Waals surface area contributed by atoms with Gasteiger partial charge in [0.15, 0.2) is 0 Å². The average molecular weight is 210 g/mol. The molecule has 0 aromatic carbocycles. The van der Waals surface area contributed by atoms with Crippen molar-refractivity contribution in [3.63, 3.8) is 0 Å². The second kappa shape index (κ2) is 5.37. The summed E-state index contributed by atoms with van der Waals surface area (Å²) >= 11 is 1.91. The maximum atomic E-state index is 5.98. The molecule has 14 heavy (non-hydrogen) atoms. The molecule has 0 aliphatic rings. The molecule has 1 aromatic rings. The molecule has 0 spiro atoms. The fourth-order valence-corrected chi connectivity index (χ4v) is 2.50. The van der Waals surface area contributed by atoms with Crippen LogP contribution >= 0.6 is 11.8 Å². The molecule has 3 heteroatoms. The van der Waals surface area contributed by atoms with Crippen molar-refractivity contribution >= 4 is 11.8 Å². The van der Waals surface area contributed by atoms with Gasteiger partial charge in [-0.05, 0) is 29.9 Å². The fourth-order valence-electron chi connectivity index (χ4n) is 1.35. The largest absolute Gasteiger partial charge is 0.327 e. The molecule has 0 saturated carbocycles. The van der Waals surface area contributed by atoms with Crippen molar-refractivity contribution < 1.29 is 0 Å². The zero-order valence-corrected chi connectivity index (χ0v) is 9.79. The SMILES string of the molecule is CC(C)SC(c1ccncc1)C(C)N. The third-order valence-corrected chi connectivity index (χ3v) is 3.47. The number of hydrogen-bond acceptors (Lipinski definition) is 3. The number of pyridine rings is 1. The van der Waals surface area contributed by atoms with Gasteiger partial charge in [-0.15, -0.1) is 11.8 Å². The molecule has 2 unspecified atom stereocenters. The first kappa shape index (κ1) is 11.5. The van der Waals surface area contributed by atoms with Crippen LogP contribution in [-0.4, -0.2) is 16.3 Å². The number of hydrogen-bond donors (Lipinski definition) is 1. The summed E-state index contributed by atoms with van der Waals surface area (Å²) in [6, 6.07) is 4.26. The molecule has 78 valence electrons. The van der Waals surface area contributed by atoms with Crippen LogP contribution in [0, 0.1) is 0 Å².